The Morgan fingerprint density at radius 2 is 1.23 bits per heavy atom. The van der Waals surface area contributed by atoms with Crippen molar-refractivity contribution in [3.05, 3.63) is 40.1 Å². The number of rotatable bonds is 4. The number of hydrogen-bond acceptors (Lipinski definition) is 8. The van der Waals surface area contributed by atoms with Crippen molar-refractivity contribution in [1.29, 1.82) is 0 Å². The lowest BCUT2D eigenvalue weighted by Crippen LogP contribution is -2.43. The van der Waals surface area contributed by atoms with E-state index in [0.717, 1.165) is 45.8 Å². The van der Waals surface area contributed by atoms with Crippen LogP contribution in [0.25, 0.3) is 0 Å². The second kappa shape index (κ2) is 16.6. The minimum atomic E-state index is -5.08. The van der Waals surface area contributed by atoms with Crippen LogP contribution in [0.2, 0.25) is 0 Å². The normalized spacial score (nSPS) is 16.2. The molecule has 0 amide bonds. The Bertz CT molecular complexity index is 1140. The Morgan fingerprint density at radius 3 is 1.64 bits per heavy atom. The number of imidazole rings is 1. The smallest absolute Gasteiger partial charge is 0.475 e. The predicted octanol–water partition coefficient (Wildman–Crippen LogP) is 3.61. The first kappa shape index (κ1) is 38.6. The average Bonchev–Trinajstić information content (AvgIpc) is 3.54. The highest BCUT2D eigenvalue weighted by molar-refractivity contribution is 7.07. The maximum Gasteiger partial charge on any atom is 0.490 e. The number of fused-ring (bicyclic) bond motifs is 1. The van der Waals surface area contributed by atoms with Gasteiger partial charge < -0.3 is 24.8 Å². The van der Waals surface area contributed by atoms with Crippen LogP contribution in [0.5, 0.6) is 0 Å². The number of carboxylic acid groups (broad SMARTS) is 3. The van der Waals surface area contributed by atoms with Crippen molar-refractivity contribution in [2.75, 3.05) is 39.8 Å². The van der Waals surface area contributed by atoms with Gasteiger partial charge in [0.1, 0.15) is 5.82 Å². The van der Waals surface area contributed by atoms with Gasteiger partial charge in [-0.1, -0.05) is 0 Å². The fourth-order valence-electron chi connectivity index (χ4n) is 3.45. The van der Waals surface area contributed by atoms with Crippen LogP contribution in [0.1, 0.15) is 17.1 Å². The maximum atomic E-state index is 10.6. The summed E-state index contributed by atoms with van der Waals surface area (Å²) in [5.41, 5.74) is 2.66. The zero-order valence-electron chi connectivity index (χ0n) is 22.8. The molecule has 3 N–H and O–H groups in total. The molecule has 2 aromatic rings. The third-order valence-corrected chi connectivity index (χ3v) is 6.36. The molecule has 0 unspecified atom stereocenters. The number of hydrogen-bond donors (Lipinski definition) is 3. The van der Waals surface area contributed by atoms with Gasteiger partial charge >= 0.3 is 36.4 Å². The number of halogens is 9. The molecule has 4 rings (SSSR count). The van der Waals surface area contributed by atoms with Gasteiger partial charge in [-0.2, -0.15) is 50.9 Å². The van der Waals surface area contributed by atoms with Crippen molar-refractivity contribution in [3.63, 3.8) is 0 Å². The predicted molar refractivity (Wildman–Crippen MR) is 135 cm³/mol. The topological polar surface area (TPSA) is 139 Å². The summed E-state index contributed by atoms with van der Waals surface area (Å²) in [7, 11) is 2.20. The van der Waals surface area contributed by atoms with Crippen LogP contribution in [0, 0.1) is 0 Å². The lowest BCUT2D eigenvalue weighted by atomic mass is 10.3. The lowest BCUT2D eigenvalue weighted by Gasteiger charge is -2.31. The number of carbonyl (C=O) groups is 3. The van der Waals surface area contributed by atoms with Gasteiger partial charge in [0, 0.05) is 58.6 Å². The van der Waals surface area contributed by atoms with Gasteiger partial charge in [-0.25, -0.2) is 19.4 Å². The molecule has 2 aromatic heterocycles. The van der Waals surface area contributed by atoms with E-state index in [9.17, 15) is 39.5 Å². The number of thiophene rings is 1. The second-order valence-electron chi connectivity index (χ2n) is 9.17. The number of aromatic nitrogens is 2. The fraction of sp³-hybridized carbons (Fsp3) is 0.565. The first-order valence-electron chi connectivity index (χ1n) is 12.2. The lowest BCUT2D eigenvalue weighted by molar-refractivity contribution is -0.193. The van der Waals surface area contributed by atoms with E-state index >= 15 is 0 Å². The molecule has 4 heterocycles. The van der Waals surface area contributed by atoms with Gasteiger partial charge in [-0.3, -0.25) is 9.80 Å². The molecular weight excluding hydrogens is 645 g/mol. The van der Waals surface area contributed by atoms with E-state index in [1.165, 1.54) is 30.2 Å². The summed E-state index contributed by atoms with van der Waals surface area (Å²) in [6.07, 6.45) is -13.0. The Labute approximate surface area is 247 Å². The van der Waals surface area contributed by atoms with Crippen molar-refractivity contribution in [2.24, 2.45) is 0 Å². The van der Waals surface area contributed by atoms with E-state index in [1.54, 1.807) is 11.3 Å². The molecule has 2 aliphatic heterocycles. The largest absolute Gasteiger partial charge is 0.490 e. The van der Waals surface area contributed by atoms with Gasteiger partial charge in [0.25, 0.3) is 0 Å². The fourth-order valence-corrected chi connectivity index (χ4v) is 4.11. The minimum absolute atomic E-state index is 0.971. The molecule has 0 spiro atoms. The third-order valence-electron chi connectivity index (χ3n) is 5.63. The summed E-state index contributed by atoms with van der Waals surface area (Å²) in [6, 6.07) is 2.23. The number of aliphatic carboxylic acids is 3. The van der Waals surface area contributed by atoms with Crippen LogP contribution in [0.15, 0.2) is 23.0 Å². The summed E-state index contributed by atoms with van der Waals surface area (Å²) < 4.78 is 97.6. The zero-order chi connectivity index (χ0) is 33.9. The molecule has 0 atom stereocenters. The molecule has 0 saturated carbocycles. The first-order chi connectivity index (χ1) is 20.1. The van der Waals surface area contributed by atoms with Crippen LogP contribution >= 0.6 is 11.3 Å². The molecule has 21 heteroatoms. The molecule has 44 heavy (non-hydrogen) atoms. The monoisotopic (exact) mass is 673 g/mol. The first-order valence-corrected chi connectivity index (χ1v) is 13.1. The van der Waals surface area contributed by atoms with E-state index in [2.05, 4.69) is 49.3 Å². The molecule has 0 aliphatic carbocycles. The Balaban J connectivity index is 0.000000379. The van der Waals surface area contributed by atoms with Gasteiger partial charge in [0.05, 0.1) is 12.2 Å². The summed E-state index contributed by atoms with van der Waals surface area (Å²) in [5.74, 6) is -7.04. The van der Waals surface area contributed by atoms with Crippen molar-refractivity contribution >= 4 is 29.2 Å². The number of likely N-dealkylation sites (N-methyl/N-ethyl adjacent to an activating group) is 1. The number of carboxylic acids is 3. The summed E-state index contributed by atoms with van der Waals surface area (Å²) in [6.45, 7) is 9.85. The van der Waals surface area contributed by atoms with Crippen molar-refractivity contribution < 1.29 is 69.2 Å². The van der Waals surface area contributed by atoms with Crippen LogP contribution in [-0.2, 0) is 40.6 Å². The Hall–Kier alpha value is -3.43. The number of alkyl halides is 9. The molecule has 0 radical (unpaired) electrons. The van der Waals surface area contributed by atoms with Crippen molar-refractivity contribution in [3.8, 4) is 0 Å². The van der Waals surface area contributed by atoms with E-state index in [-0.39, 0.29) is 0 Å². The van der Waals surface area contributed by atoms with Gasteiger partial charge in [-0.05, 0) is 29.4 Å². The highest BCUT2D eigenvalue weighted by Crippen LogP contribution is 2.18. The second-order valence-corrected chi connectivity index (χ2v) is 9.95. The molecule has 2 aliphatic rings. The number of nitrogens with zero attached hydrogens (tertiary/aromatic N) is 5. The molecule has 0 bridgehead atoms. The van der Waals surface area contributed by atoms with Crippen molar-refractivity contribution in [1.82, 2.24) is 24.3 Å². The minimum Gasteiger partial charge on any atom is -0.475 e. The maximum absolute atomic E-state index is 10.6. The molecule has 1 saturated heterocycles. The average molecular weight is 674 g/mol. The van der Waals surface area contributed by atoms with Gasteiger partial charge in [-0.15, -0.1) is 0 Å². The standard InChI is InChI=1S/C17H25N5S.3C2HF3O2/c1-19-3-5-20(6-4-19)11-16-12-22-8-7-21(13-17(22)18-16)10-15-2-9-23-14-15;3*3-2(4,5)1(6)7/h2,9,12,14H,3-8,10-11,13H2,1H3;3*(H,6,7). The summed E-state index contributed by atoms with van der Waals surface area (Å²) in [4.78, 5) is 39.0. The van der Waals surface area contributed by atoms with Crippen molar-refractivity contribution in [2.45, 2.75) is 44.7 Å². The van der Waals surface area contributed by atoms with E-state index in [4.69, 9.17) is 34.7 Å². The SMILES string of the molecule is CN1CCN(Cc2cn3c(n2)CN(Cc2ccsc2)CC3)CC1.O=C(O)C(F)(F)F.O=C(O)C(F)(F)F.O=C(O)C(F)(F)F. The van der Waals surface area contributed by atoms with E-state index in [1.807, 2.05) is 0 Å². The molecular formula is C23H28F9N5O6S. The highest BCUT2D eigenvalue weighted by Gasteiger charge is 2.39. The highest BCUT2D eigenvalue weighted by atomic mass is 32.1. The quantitative estimate of drug-likeness (QED) is 0.413. The third kappa shape index (κ3) is 14.8. The molecule has 250 valence electrons. The van der Waals surface area contributed by atoms with Gasteiger partial charge in [0.2, 0.25) is 0 Å². The molecule has 0 aromatic carbocycles. The van der Waals surface area contributed by atoms with Crippen LogP contribution in [0.4, 0.5) is 39.5 Å². The molecule has 11 nitrogen and oxygen atoms in total. The van der Waals surface area contributed by atoms with Crippen LogP contribution < -0.4 is 0 Å². The molecule has 1 fully saturated rings. The van der Waals surface area contributed by atoms with E-state index in [0.29, 0.717) is 0 Å². The zero-order valence-corrected chi connectivity index (χ0v) is 23.6. The van der Waals surface area contributed by atoms with E-state index < -0.39 is 36.4 Å². The summed E-state index contributed by atoms with van der Waals surface area (Å²) >= 11 is 1.78. The number of piperazine rings is 1. The van der Waals surface area contributed by atoms with Crippen LogP contribution in [-0.4, -0.2) is 116 Å². The Morgan fingerprint density at radius 1 is 0.773 bits per heavy atom. The Kier molecular flexibility index (Phi) is 14.6. The summed E-state index contributed by atoms with van der Waals surface area (Å²) in [5, 5.41) is 25.8. The van der Waals surface area contributed by atoms with Gasteiger partial charge in [0.15, 0.2) is 0 Å². The van der Waals surface area contributed by atoms with Crippen LogP contribution in [0.3, 0.4) is 0 Å².